The number of rotatable bonds is 5. The van der Waals surface area contributed by atoms with E-state index < -0.39 is 5.82 Å². The number of amides is 2. The van der Waals surface area contributed by atoms with E-state index in [2.05, 4.69) is 10.6 Å². The molecule has 2 amide bonds. The van der Waals surface area contributed by atoms with Crippen LogP contribution in [0.1, 0.15) is 20.8 Å². The van der Waals surface area contributed by atoms with Crippen LogP contribution in [0.2, 0.25) is 0 Å². The van der Waals surface area contributed by atoms with E-state index in [1.165, 1.54) is 18.0 Å². The second-order valence-electron chi connectivity index (χ2n) is 5.88. The molecule has 5 nitrogen and oxygen atoms in total. The van der Waals surface area contributed by atoms with Crippen molar-refractivity contribution in [3.8, 4) is 0 Å². The van der Waals surface area contributed by atoms with Gasteiger partial charge < -0.3 is 15.5 Å². The summed E-state index contributed by atoms with van der Waals surface area (Å²) in [4.78, 5) is 24.9. The Morgan fingerprint density at radius 1 is 1.24 bits per heavy atom. The van der Waals surface area contributed by atoms with Gasteiger partial charge in [-0.3, -0.25) is 9.59 Å². The van der Waals surface area contributed by atoms with Crippen LogP contribution in [0.15, 0.2) is 24.3 Å². The van der Waals surface area contributed by atoms with E-state index in [-0.39, 0.29) is 36.1 Å². The minimum Gasteiger partial charge on any atom is -0.374 e. The van der Waals surface area contributed by atoms with Crippen LogP contribution in [0.3, 0.4) is 0 Å². The summed E-state index contributed by atoms with van der Waals surface area (Å²) in [6.07, 6.45) is 0. The molecule has 0 saturated carbocycles. The van der Waals surface area contributed by atoms with Crippen LogP contribution < -0.4 is 10.6 Å². The zero-order valence-electron chi connectivity index (χ0n) is 12.9. The summed E-state index contributed by atoms with van der Waals surface area (Å²) in [7, 11) is 1.54. The number of carbonyl (C=O) groups excluding carboxylic acids is 2. The fraction of sp³-hybridized carbons (Fsp3) is 0.467. The van der Waals surface area contributed by atoms with Crippen molar-refractivity contribution in [2.75, 3.05) is 25.5 Å². The molecule has 0 fully saturated rings. The lowest BCUT2D eigenvalue weighted by molar-refractivity contribution is -0.133. The summed E-state index contributed by atoms with van der Waals surface area (Å²) in [5.41, 5.74) is -0.0785. The highest BCUT2D eigenvalue weighted by molar-refractivity contribution is 5.86. The molecule has 6 heteroatoms. The molecule has 1 aromatic rings. The van der Waals surface area contributed by atoms with Crippen molar-refractivity contribution in [2.24, 2.45) is 0 Å². The number of hydrogen-bond acceptors (Lipinski definition) is 3. The number of nitrogens with zero attached hydrogens (tertiary/aromatic N) is 1. The number of anilines is 1. The van der Waals surface area contributed by atoms with Gasteiger partial charge in [-0.25, -0.2) is 4.39 Å². The molecule has 0 spiro atoms. The number of halogens is 1. The summed E-state index contributed by atoms with van der Waals surface area (Å²) in [5, 5.41) is 5.49. The Morgan fingerprint density at radius 3 is 2.43 bits per heavy atom. The summed E-state index contributed by atoms with van der Waals surface area (Å²) in [6, 6.07) is 6.11. The summed E-state index contributed by atoms with van der Waals surface area (Å²) in [5.74, 6) is -0.940. The maximum Gasteiger partial charge on any atom is 0.242 e. The topological polar surface area (TPSA) is 61.4 Å². The number of nitrogens with one attached hydrogen (secondary N) is 2. The van der Waals surface area contributed by atoms with Gasteiger partial charge in [0.05, 0.1) is 18.8 Å². The van der Waals surface area contributed by atoms with E-state index in [0.29, 0.717) is 0 Å². The first-order chi connectivity index (χ1) is 9.69. The van der Waals surface area contributed by atoms with Crippen molar-refractivity contribution in [2.45, 2.75) is 26.3 Å². The van der Waals surface area contributed by atoms with E-state index in [0.717, 1.165) is 0 Å². The van der Waals surface area contributed by atoms with Crippen LogP contribution >= 0.6 is 0 Å². The van der Waals surface area contributed by atoms with Gasteiger partial charge in [0.25, 0.3) is 0 Å². The van der Waals surface area contributed by atoms with Crippen molar-refractivity contribution in [1.82, 2.24) is 10.2 Å². The van der Waals surface area contributed by atoms with Gasteiger partial charge in [0.2, 0.25) is 11.8 Å². The number of benzene rings is 1. The molecule has 0 aliphatic carbocycles. The summed E-state index contributed by atoms with van der Waals surface area (Å²) >= 11 is 0. The van der Waals surface area contributed by atoms with E-state index in [1.807, 2.05) is 20.8 Å². The van der Waals surface area contributed by atoms with Gasteiger partial charge in [0.15, 0.2) is 0 Å². The van der Waals surface area contributed by atoms with E-state index >= 15 is 0 Å². The van der Waals surface area contributed by atoms with Crippen LogP contribution in [-0.4, -0.2) is 42.4 Å². The number of likely N-dealkylation sites (N-methyl/N-ethyl adjacent to an activating group) is 1. The summed E-state index contributed by atoms with van der Waals surface area (Å²) < 4.78 is 13.4. The maximum absolute atomic E-state index is 13.4. The second-order valence-corrected chi connectivity index (χ2v) is 5.88. The predicted molar refractivity (Wildman–Crippen MR) is 80.4 cm³/mol. The maximum atomic E-state index is 13.4. The van der Waals surface area contributed by atoms with Gasteiger partial charge in [-0.2, -0.15) is 0 Å². The molecule has 0 saturated heterocycles. The van der Waals surface area contributed by atoms with Crippen LogP contribution in [0.25, 0.3) is 0 Å². The fourth-order valence-electron chi connectivity index (χ4n) is 1.67. The van der Waals surface area contributed by atoms with Crippen molar-refractivity contribution in [3.63, 3.8) is 0 Å². The molecular formula is C15H22FN3O2. The minimum atomic E-state index is -0.418. The third-order valence-corrected chi connectivity index (χ3v) is 2.62. The molecule has 0 bridgehead atoms. The lowest BCUT2D eigenvalue weighted by Crippen LogP contribution is -2.47. The molecule has 0 heterocycles. The minimum absolute atomic E-state index is 0.0327. The SMILES string of the molecule is CN(CC(=O)NC(C)(C)C)C(=O)CNc1ccccc1F. The Balaban J connectivity index is 2.45. The zero-order chi connectivity index (χ0) is 16.0. The third kappa shape index (κ3) is 6.25. The largest absolute Gasteiger partial charge is 0.374 e. The zero-order valence-corrected chi connectivity index (χ0v) is 12.9. The van der Waals surface area contributed by atoms with Crippen LogP contribution in [0.4, 0.5) is 10.1 Å². The summed E-state index contributed by atoms with van der Waals surface area (Å²) in [6.45, 7) is 5.50. The number of carbonyl (C=O) groups is 2. The lowest BCUT2D eigenvalue weighted by Gasteiger charge is -2.23. The molecule has 0 unspecified atom stereocenters. The van der Waals surface area contributed by atoms with Crippen molar-refractivity contribution in [3.05, 3.63) is 30.1 Å². The first-order valence-corrected chi connectivity index (χ1v) is 6.72. The molecule has 0 aliphatic heterocycles. The first kappa shape index (κ1) is 16.9. The Labute approximate surface area is 124 Å². The Bertz CT molecular complexity index is 512. The van der Waals surface area contributed by atoms with Crippen molar-refractivity contribution >= 4 is 17.5 Å². The Hall–Kier alpha value is -2.11. The molecule has 1 rings (SSSR count). The molecule has 0 aliphatic rings. The van der Waals surface area contributed by atoms with Gasteiger partial charge >= 0.3 is 0 Å². The Morgan fingerprint density at radius 2 is 1.86 bits per heavy atom. The first-order valence-electron chi connectivity index (χ1n) is 6.72. The van der Waals surface area contributed by atoms with Gasteiger partial charge in [-0.05, 0) is 32.9 Å². The molecular weight excluding hydrogens is 273 g/mol. The lowest BCUT2D eigenvalue weighted by atomic mass is 10.1. The van der Waals surface area contributed by atoms with Crippen LogP contribution in [0.5, 0.6) is 0 Å². The molecule has 0 atom stereocenters. The smallest absolute Gasteiger partial charge is 0.242 e. The molecule has 2 N–H and O–H groups in total. The molecule has 116 valence electrons. The highest BCUT2D eigenvalue weighted by Crippen LogP contribution is 2.11. The van der Waals surface area contributed by atoms with E-state index in [9.17, 15) is 14.0 Å². The average molecular weight is 295 g/mol. The Kier molecular flexibility index (Phi) is 5.69. The van der Waals surface area contributed by atoms with Gasteiger partial charge in [0.1, 0.15) is 5.82 Å². The van der Waals surface area contributed by atoms with Crippen molar-refractivity contribution < 1.29 is 14.0 Å². The molecule has 0 radical (unpaired) electrons. The molecule has 21 heavy (non-hydrogen) atoms. The van der Waals surface area contributed by atoms with E-state index in [1.54, 1.807) is 18.2 Å². The van der Waals surface area contributed by atoms with Gasteiger partial charge in [-0.1, -0.05) is 12.1 Å². The standard InChI is InChI=1S/C15H22FN3O2/c1-15(2,3)18-13(20)10-19(4)14(21)9-17-12-8-6-5-7-11(12)16/h5-8,17H,9-10H2,1-4H3,(H,18,20). The van der Waals surface area contributed by atoms with Crippen molar-refractivity contribution in [1.29, 1.82) is 0 Å². The van der Waals surface area contributed by atoms with Gasteiger partial charge in [-0.15, -0.1) is 0 Å². The predicted octanol–water partition coefficient (Wildman–Crippen LogP) is 1.61. The van der Waals surface area contributed by atoms with Crippen LogP contribution in [0, 0.1) is 5.82 Å². The quantitative estimate of drug-likeness (QED) is 0.867. The molecule has 1 aromatic carbocycles. The monoisotopic (exact) mass is 295 g/mol. The highest BCUT2D eigenvalue weighted by atomic mass is 19.1. The van der Waals surface area contributed by atoms with Crippen LogP contribution in [-0.2, 0) is 9.59 Å². The third-order valence-electron chi connectivity index (χ3n) is 2.62. The van der Waals surface area contributed by atoms with E-state index in [4.69, 9.17) is 0 Å². The highest BCUT2D eigenvalue weighted by Gasteiger charge is 2.17. The number of hydrogen-bond donors (Lipinski definition) is 2. The normalized spacial score (nSPS) is 10.9. The van der Waals surface area contributed by atoms with Gasteiger partial charge in [0, 0.05) is 12.6 Å². The fourth-order valence-corrected chi connectivity index (χ4v) is 1.67. The second kappa shape index (κ2) is 7.06. The average Bonchev–Trinajstić information content (AvgIpc) is 2.34. The molecule has 0 aromatic heterocycles. The number of para-hydroxylation sites is 1.